The Kier molecular flexibility index (Phi) is 54.7. The first kappa shape index (κ1) is 113. The molecule has 0 aromatic carbocycles. The van der Waals surface area contributed by atoms with Crippen LogP contribution in [0.25, 0.3) is 0 Å². The van der Waals surface area contributed by atoms with Crippen molar-refractivity contribution in [3.8, 4) is 0 Å². The number of hydrogen-bond donors (Lipinski definition) is 31. The smallest absolute Gasteiger partial charge is 0.326 e. The summed E-state index contributed by atoms with van der Waals surface area (Å²) in [4.78, 5) is 265. The number of carbonyl (C=O) groups is 19. The Hall–Kier alpha value is -11.3. The molecule has 0 aliphatic carbocycles. The van der Waals surface area contributed by atoms with Crippen molar-refractivity contribution < 1.29 is 113 Å². The minimum atomic E-state index is -2.11. The SMILES string of the molecule is CC[C@H](C)[C@H](NC(=O)[C@H](CC(N)=O)NC(=O)[C@H](CC(=O)O)NC(=O)[C@H](CCCNC(N)N)NC(=O)[C@H](CC(C)C)NC(=O)[C@@H](NC(=O)[C@H](CCCCNC(C)=O)NC(=O)[C@H](CCCNC(N)N)NC(=O)[C@H](Cc1cnc[nH]1)NC(=O)[C@H](CCCNC(N)N)NC(=O)[C@H](CCCC[NH3+])NC(=O)[C@H](C)NC(=O)CNC(=O)C[NH3+])C(C)C)C(=O)N[C@@H](CCC(N)=O)C(=O)O. The van der Waals surface area contributed by atoms with Gasteiger partial charge in [0.1, 0.15) is 97.4 Å². The van der Waals surface area contributed by atoms with Crippen LogP contribution in [0.2, 0.25) is 0 Å². The number of nitrogens with two attached hydrogens (primary N) is 8. The normalized spacial score (nSPS) is 14.6. The van der Waals surface area contributed by atoms with Gasteiger partial charge in [-0.15, -0.1) is 0 Å². The first-order chi connectivity index (χ1) is 59.2. The number of H-pyrrole nitrogens is 1. The number of nitrogens with one attached hydrogen (secondary N) is 19. The molecule has 51 heteroatoms. The number of amides is 17. The van der Waals surface area contributed by atoms with Crippen LogP contribution in [0.3, 0.4) is 0 Å². The molecule has 714 valence electrons. The van der Waals surface area contributed by atoms with E-state index in [9.17, 15) is 91.7 Å². The molecule has 1 heterocycles. The highest BCUT2D eigenvalue weighted by Crippen LogP contribution is 2.16. The third-order valence-electron chi connectivity index (χ3n) is 19.4. The summed E-state index contributed by atoms with van der Waals surface area (Å²) in [5.41, 5.74) is 52.7. The predicted molar refractivity (Wildman–Crippen MR) is 452 cm³/mol. The van der Waals surface area contributed by atoms with Crippen molar-refractivity contribution in [1.29, 1.82) is 0 Å². The molecule has 0 unspecified atom stereocenters. The number of carboxylic acids is 2. The highest BCUT2D eigenvalue weighted by molar-refractivity contribution is 6.01. The monoisotopic (exact) mass is 1800 g/mol. The summed E-state index contributed by atoms with van der Waals surface area (Å²) in [7, 11) is 0. The predicted octanol–water partition coefficient (Wildman–Crippen LogP) is -13.5. The van der Waals surface area contributed by atoms with Crippen molar-refractivity contribution in [3.63, 3.8) is 0 Å². The molecule has 0 radical (unpaired) electrons. The number of primary amides is 2. The molecular formula is C75H140N30O21+2. The Morgan fingerprint density at radius 3 is 1.23 bits per heavy atom. The van der Waals surface area contributed by atoms with E-state index in [0.29, 0.717) is 25.1 Å². The topological polar surface area (TPSA) is 873 Å². The number of quaternary nitrogens is 2. The lowest BCUT2D eigenvalue weighted by molar-refractivity contribution is -0.368. The molecule has 0 bridgehead atoms. The molecule has 51 nitrogen and oxygen atoms in total. The maximum absolute atomic E-state index is 15.0. The van der Waals surface area contributed by atoms with Crippen LogP contribution in [-0.2, 0) is 97.5 Å². The van der Waals surface area contributed by atoms with Crippen molar-refractivity contribution in [3.05, 3.63) is 18.2 Å². The fraction of sp³-hybridized carbons (Fsp3) is 0.707. The van der Waals surface area contributed by atoms with Crippen molar-refractivity contribution in [2.45, 2.75) is 275 Å². The first-order valence-corrected chi connectivity index (χ1v) is 42.0. The van der Waals surface area contributed by atoms with Crippen molar-refractivity contribution in [1.82, 2.24) is 106 Å². The van der Waals surface area contributed by atoms with Crippen LogP contribution in [-0.4, -0.2) is 276 Å². The molecule has 0 aliphatic heterocycles. The van der Waals surface area contributed by atoms with Crippen LogP contribution in [0, 0.1) is 17.8 Å². The van der Waals surface area contributed by atoms with Crippen LogP contribution < -0.4 is 153 Å². The van der Waals surface area contributed by atoms with E-state index in [-0.39, 0.29) is 122 Å². The Morgan fingerprint density at radius 2 is 0.817 bits per heavy atom. The van der Waals surface area contributed by atoms with E-state index in [4.69, 9.17) is 45.9 Å². The Balaban J connectivity index is 3.97. The molecule has 14 atom stereocenters. The Labute approximate surface area is 730 Å². The van der Waals surface area contributed by atoms with Gasteiger partial charge in [0.15, 0.2) is 6.54 Å². The molecular weight excluding hydrogens is 1660 g/mol. The van der Waals surface area contributed by atoms with Crippen molar-refractivity contribution in [2.24, 2.45) is 63.6 Å². The van der Waals surface area contributed by atoms with E-state index in [2.05, 4.69) is 117 Å². The van der Waals surface area contributed by atoms with Crippen LogP contribution in [0.15, 0.2) is 12.5 Å². The summed E-state index contributed by atoms with van der Waals surface area (Å²) >= 11 is 0. The van der Waals surface area contributed by atoms with E-state index in [1.807, 2.05) is 0 Å². The average Bonchev–Trinajstić information content (AvgIpc) is 0.958. The number of hydrogen-bond acceptors (Lipinski definition) is 29. The number of imidazole rings is 1. The van der Waals surface area contributed by atoms with E-state index >= 15 is 9.59 Å². The summed E-state index contributed by atoms with van der Waals surface area (Å²) in [5, 5.41) is 65.9. The van der Waals surface area contributed by atoms with Crippen LogP contribution in [0.1, 0.15) is 177 Å². The van der Waals surface area contributed by atoms with Gasteiger partial charge in [0, 0.05) is 38.2 Å². The fourth-order valence-electron chi connectivity index (χ4n) is 12.3. The molecule has 0 fully saturated rings. The molecule has 43 N–H and O–H groups in total. The number of unbranched alkanes of at least 4 members (excludes halogenated alkanes) is 2. The average molecular weight is 1800 g/mol. The molecule has 17 amide bonds. The molecule has 1 aromatic rings. The number of aliphatic carboxylic acids is 2. The lowest BCUT2D eigenvalue weighted by Crippen LogP contribution is -2.62. The molecule has 1 aromatic heterocycles. The van der Waals surface area contributed by atoms with Gasteiger partial charge >= 0.3 is 11.9 Å². The summed E-state index contributed by atoms with van der Waals surface area (Å²) < 4.78 is 0. The number of carbonyl (C=O) groups excluding carboxylic acids is 17. The second kappa shape index (κ2) is 61.1. The fourth-order valence-corrected chi connectivity index (χ4v) is 12.3. The number of nitrogens with zero attached hydrogens (tertiary/aromatic N) is 1. The highest BCUT2D eigenvalue weighted by atomic mass is 16.4. The lowest BCUT2D eigenvalue weighted by atomic mass is 9.97. The van der Waals surface area contributed by atoms with Crippen LogP contribution in [0.5, 0.6) is 0 Å². The van der Waals surface area contributed by atoms with Crippen molar-refractivity contribution in [2.75, 3.05) is 45.8 Å². The van der Waals surface area contributed by atoms with Crippen molar-refractivity contribution >= 4 is 112 Å². The third kappa shape index (κ3) is 47.7. The first-order valence-electron chi connectivity index (χ1n) is 42.0. The van der Waals surface area contributed by atoms with E-state index in [1.165, 1.54) is 33.3 Å². The maximum Gasteiger partial charge on any atom is 0.326 e. The van der Waals surface area contributed by atoms with Gasteiger partial charge in [-0.05, 0) is 134 Å². The van der Waals surface area contributed by atoms with E-state index < -0.39 is 254 Å². The van der Waals surface area contributed by atoms with Gasteiger partial charge in [-0.2, -0.15) is 0 Å². The van der Waals surface area contributed by atoms with Gasteiger partial charge in [0.25, 0.3) is 5.91 Å². The molecule has 126 heavy (non-hydrogen) atoms. The zero-order valence-electron chi connectivity index (χ0n) is 73.1. The third-order valence-corrected chi connectivity index (χ3v) is 19.4. The quantitative estimate of drug-likeness (QED) is 0.0213. The molecule has 0 saturated heterocycles. The molecule has 0 saturated carbocycles. The Morgan fingerprint density at radius 1 is 0.421 bits per heavy atom. The number of carboxylic acid groups (broad SMARTS) is 2. The Bertz CT molecular complexity index is 3690. The molecule has 1 rings (SSSR count). The van der Waals surface area contributed by atoms with Gasteiger partial charge in [-0.25, -0.2) is 9.78 Å². The zero-order chi connectivity index (χ0) is 95.5. The number of rotatable bonds is 67. The molecule has 0 spiro atoms. The van der Waals surface area contributed by atoms with Gasteiger partial charge in [0.2, 0.25) is 94.5 Å². The number of aromatic amines is 1. The second-order valence-electron chi connectivity index (χ2n) is 31.2. The van der Waals surface area contributed by atoms with E-state index in [1.54, 1.807) is 34.6 Å². The second-order valence-corrected chi connectivity index (χ2v) is 31.2. The largest absolute Gasteiger partial charge is 0.481 e. The van der Waals surface area contributed by atoms with Gasteiger partial charge in [0.05, 0.1) is 32.3 Å². The minimum Gasteiger partial charge on any atom is -0.481 e. The van der Waals surface area contributed by atoms with Gasteiger partial charge in [-0.3, -0.25) is 102 Å². The molecule has 0 aliphatic rings. The van der Waals surface area contributed by atoms with Gasteiger partial charge in [-0.1, -0.05) is 48.0 Å². The highest BCUT2D eigenvalue weighted by Gasteiger charge is 2.40. The summed E-state index contributed by atoms with van der Waals surface area (Å²) in [5.74, 6) is -21.3. The number of aromatic nitrogens is 2. The van der Waals surface area contributed by atoms with E-state index in [0.717, 1.165) is 0 Å². The van der Waals surface area contributed by atoms with Gasteiger partial charge < -0.3 is 152 Å². The lowest BCUT2D eigenvalue weighted by Gasteiger charge is -2.30. The summed E-state index contributed by atoms with van der Waals surface area (Å²) in [6.45, 7) is 12.4. The summed E-state index contributed by atoms with van der Waals surface area (Å²) in [6, 6.07) is -20.7. The maximum atomic E-state index is 15.0. The van der Waals surface area contributed by atoms with Crippen LogP contribution in [0.4, 0.5) is 0 Å². The minimum absolute atomic E-state index is 0.00115. The summed E-state index contributed by atoms with van der Waals surface area (Å²) in [6.07, 6.45) is -3.07. The standard InChI is InChI=1S/C75H138N30O21/c1-9-39(6)59(71(124)99-48(72(125)126)22-23-53(78)107)105-69(122)51(31-54(79)108)101-68(121)52(32-57(111)112)102-64(117)47(21-16-28-90-75(84)85)97-66(119)49(29-37(2)3)103-70(123)58(38(4)5)104-65(118)44(18-11-13-25-87-41(8)106)95-62(115)45(19-14-26-88-73(80)81)98-67(120)50(30-42-34-86-36-92-42)100-63(116)46(20-15-27-89-74(82)83)96-61(114)43(17-10-12-24-76)94-60(113)40(7)93-56(110)35-91-55(109)33-77/h34,36-40,43-52,58-59,73-75,88-90H,9-33,35,76-77,80-85H2,1-8H3,(H2,78,107)(H2,79,108)(H,86,92)(H,87,106)(H,91,109)(H,93,110)(H,94,113)(H,95,115)(H,96,114)(H,97,119)(H,98,120)(H,99,124)(H,100,116)(H,101,121)(H,102,117)(H,103,123)(H,104,118)(H,105,122)(H,111,112)(H,125,126)/p+2/t39-,40-,43-,44-,45-,46-,47-,48-,49-,50-,51-,52-,58-,59-/m0/s1. The van der Waals surface area contributed by atoms with Crippen LogP contribution >= 0.6 is 0 Å². The zero-order valence-corrected chi connectivity index (χ0v) is 73.1.